The van der Waals surface area contributed by atoms with Gasteiger partial charge in [-0.05, 0) is 42.0 Å². The van der Waals surface area contributed by atoms with Crippen molar-refractivity contribution in [3.63, 3.8) is 0 Å². The van der Waals surface area contributed by atoms with Crippen molar-refractivity contribution in [1.29, 1.82) is 0 Å². The van der Waals surface area contributed by atoms with Crippen molar-refractivity contribution in [3.8, 4) is 0 Å². The van der Waals surface area contributed by atoms with Gasteiger partial charge >= 0.3 is 18.2 Å². The highest BCUT2D eigenvalue weighted by molar-refractivity contribution is 9.10. The highest BCUT2D eigenvalue weighted by atomic mass is 79.9. The summed E-state index contributed by atoms with van der Waals surface area (Å²) in [4.78, 5) is 26.4. The van der Waals surface area contributed by atoms with Crippen LogP contribution in [0.15, 0.2) is 82.4 Å². The van der Waals surface area contributed by atoms with Crippen LogP contribution in [0.3, 0.4) is 0 Å². The summed E-state index contributed by atoms with van der Waals surface area (Å²) < 4.78 is 45.8. The Bertz CT molecular complexity index is 1330. The Morgan fingerprint density at radius 1 is 1.08 bits per heavy atom. The summed E-state index contributed by atoms with van der Waals surface area (Å²) in [6.07, 6.45) is -4.66. The molecule has 0 saturated heterocycles. The number of alkyl halides is 3. The van der Waals surface area contributed by atoms with Gasteiger partial charge in [-0.1, -0.05) is 63.9 Å². The Labute approximate surface area is 217 Å². The molecule has 1 heterocycles. The van der Waals surface area contributed by atoms with Crippen LogP contribution in [0.1, 0.15) is 16.7 Å². The molecular formula is C25H18BrClF3N3O3. The minimum Gasteiger partial charge on any atom is -0.468 e. The number of ether oxygens (including phenoxy) is 1. The van der Waals surface area contributed by atoms with Crippen LogP contribution in [0.5, 0.6) is 0 Å². The highest BCUT2D eigenvalue weighted by Crippen LogP contribution is 2.40. The molecule has 0 saturated carbocycles. The zero-order valence-electron chi connectivity index (χ0n) is 18.6. The maximum atomic E-state index is 13.3. The minimum atomic E-state index is -4.66. The van der Waals surface area contributed by atoms with E-state index in [1.807, 2.05) is 0 Å². The fourth-order valence-electron chi connectivity index (χ4n) is 3.98. The summed E-state index contributed by atoms with van der Waals surface area (Å²) in [7, 11) is 1.19. The lowest BCUT2D eigenvalue weighted by atomic mass is 9.74. The number of anilines is 1. The minimum absolute atomic E-state index is 0.0298. The SMILES string of the molecule is COC(=O)C1(c2ccccc2)CN(C(=O)Nc2ccc(Br)cc2)N=C1c1ccc(C(F)(F)F)c(Cl)c1. The Morgan fingerprint density at radius 2 is 1.75 bits per heavy atom. The average molecular weight is 581 g/mol. The molecule has 36 heavy (non-hydrogen) atoms. The fraction of sp³-hybridized carbons (Fsp3) is 0.160. The van der Waals surface area contributed by atoms with Crippen molar-refractivity contribution < 1.29 is 27.5 Å². The van der Waals surface area contributed by atoms with Gasteiger partial charge in [0.2, 0.25) is 0 Å². The van der Waals surface area contributed by atoms with Crippen LogP contribution >= 0.6 is 27.5 Å². The second-order valence-corrected chi connectivity index (χ2v) is 9.22. The van der Waals surface area contributed by atoms with E-state index in [4.69, 9.17) is 16.3 Å². The first-order chi connectivity index (χ1) is 17.1. The van der Waals surface area contributed by atoms with Crippen molar-refractivity contribution in [3.05, 3.63) is 99.0 Å². The molecule has 3 aromatic rings. The predicted octanol–water partition coefficient (Wildman–Crippen LogP) is 6.48. The fourth-order valence-corrected chi connectivity index (χ4v) is 4.53. The first-order valence-corrected chi connectivity index (χ1v) is 11.7. The number of nitrogens with one attached hydrogen (secondary N) is 1. The number of hydrogen-bond donors (Lipinski definition) is 1. The maximum absolute atomic E-state index is 13.3. The van der Waals surface area contributed by atoms with Gasteiger partial charge < -0.3 is 10.1 Å². The second-order valence-electron chi connectivity index (χ2n) is 7.90. The second kappa shape index (κ2) is 9.94. The van der Waals surface area contributed by atoms with E-state index in [0.29, 0.717) is 11.3 Å². The number of methoxy groups -OCH3 is 1. The van der Waals surface area contributed by atoms with Gasteiger partial charge in [-0.15, -0.1) is 0 Å². The summed E-state index contributed by atoms with van der Waals surface area (Å²) >= 11 is 9.30. The molecule has 2 amide bonds. The number of hydrogen-bond acceptors (Lipinski definition) is 4. The molecule has 4 rings (SSSR count). The summed E-state index contributed by atoms with van der Waals surface area (Å²) in [5.41, 5.74) is -1.54. The predicted molar refractivity (Wildman–Crippen MR) is 133 cm³/mol. The van der Waals surface area contributed by atoms with Crippen molar-refractivity contribution in [2.75, 3.05) is 19.0 Å². The van der Waals surface area contributed by atoms with E-state index in [9.17, 15) is 22.8 Å². The van der Waals surface area contributed by atoms with E-state index in [-0.39, 0.29) is 17.8 Å². The number of esters is 1. The van der Waals surface area contributed by atoms with E-state index < -0.39 is 34.2 Å². The Balaban J connectivity index is 1.83. The summed E-state index contributed by atoms with van der Waals surface area (Å²) in [5, 5.41) is 7.58. The number of benzene rings is 3. The molecule has 0 radical (unpaired) electrons. The summed E-state index contributed by atoms with van der Waals surface area (Å²) in [5.74, 6) is -0.734. The smallest absolute Gasteiger partial charge is 0.417 e. The zero-order valence-corrected chi connectivity index (χ0v) is 21.0. The largest absolute Gasteiger partial charge is 0.468 e. The molecular weight excluding hydrogens is 563 g/mol. The lowest BCUT2D eigenvalue weighted by Gasteiger charge is -2.28. The molecule has 11 heteroatoms. The molecule has 0 bridgehead atoms. The molecule has 0 aliphatic carbocycles. The van der Waals surface area contributed by atoms with Gasteiger partial charge in [0.15, 0.2) is 5.41 Å². The van der Waals surface area contributed by atoms with Gasteiger partial charge in [0, 0.05) is 15.7 Å². The summed E-state index contributed by atoms with van der Waals surface area (Å²) in [6, 6.07) is 17.7. The van der Waals surface area contributed by atoms with Gasteiger partial charge in [-0.25, -0.2) is 9.80 Å². The van der Waals surface area contributed by atoms with E-state index >= 15 is 0 Å². The number of hydrazone groups is 1. The van der Waals surface area contributed by atoms with Crippen LogP contribution in [0.25, 0.3) is 0 Å². The lowest BCUT2D eigenvalue weighted by Crippen LogP contribution is -2.48. The number of amides is 2. The van der Waals surface area contributed by atoms with Gasteiger partial charge in [-0.3, -0.25) is 4.79 Å². The molecule has 1 aliphatic rings. The third-order valence-electron chi connectivity index (χ3n) is 5.69. The molecule has 186 valence electrons. The molecule has 6 nitrogen and oxygen atoms in total. The van der Waals surface area contributed by atoms with Crippen molar-refractivity contribution in [2.45, 2.75) is 11.6 Å². The number of carbonyl (C=O) groups excluding carboxylic acids is 2. The summed E-state index contributed by atoms with van der Waals surface area (Å²) in [6.45, 7) is -0.250. The molecule has 1 unspecified atom stereocenters. The van der Waals surface area contributed by atoms with Gasteiger partial charge in [0.1, 0.15) is 0 Å². The van der Waals surface area contributed by atoms with Gasteiger partial charge in [0.05, 0.1) is 30.0 Å². The molecule has 1 N–H and O–H groups in total. The zero-order chi connectivity index (χ0) is 26.1. The van der Waals surface area contributed by atoms with E-state index in [1.165, 1.54) is 13.2 Å². The van der Waals surface area contributed by atoms with Crippen LogP contribution in [-0.4, -0.2) is 36.4 Å². The standard InChI is InChI=1S/C25H18BrClF3N3O3/c1-36-22(34)24(16-5-3-2-4-6-16)14-33(23(35)31-18-10-8-17(26)9-11-18)32-21(24)15-7-12-19(20(27)13-15)25(28,29)30/h2-13H,14H2,1H3,(H,31,35). The Hall–Kier alpha value is -3.37. The number of halogens is 5. The van der Waals surface area contributed by atoms with Gasteiger partial charge in [-0.2, -0.15) is 18.3 Å². The number of rotatable bonds is 4. The van der Waals surface area contributed by atoms with Gasteiger partial charge in [0.25, 0.3) is 0 Å². The van der Waals surface area contributed by atoms with Crippen molar-refractivity contribution in [2.24, 2.45) is 5.10 Å². The highest BCUT2D eigenvalue weighted by Gasteiger charge is 2.53. The molecule has 1 atom stereocenters. The first-order valence-electron chi connectivity index (χ1n) is 10.5. The Morgan fingerprint density at radius 3 is 2.33 bits per heavy atom. The van der Waals surface area contributed by atoms with Crippen LogP contribution in [0, 0.1) is 0 Å². The molecule has 0 spiro atoms. The third-order valence-corrected chi connectivity index (χ3v) is 6.53. The quantitative estimate of drug-likeness (QED) is 0.359. The number of urea groups is 1. The topological polar surface area (TPSA) is 71.0 Å². The lowest BCUT2D eigenvalue weighted by molar-refractivity contribution is -0.144. The Kier molecular flexibility index (Phi) is 7.10. The molecule has 0 aromatic heterocycles. The number of nitrogens with zero attached hydrogens (tertiary/aromatic N) is 2. The van der Waals surface area contributed by atoms with Crippen LogP contribution in [-0.2, 0) is 21.1 Å². The van der Waals surface area contributed by atoms with Crippen molar-refractivity contribution >= 4 is 50.9 Å². The normalized spacial score (nSPS) is 17.5. The monoisotopic (exact) mass is 579 g/mol. The maximum Gasteiger partial charge on any atom is 0.417 e. The molecule has 0 fully saturated rings. The van der Waals surface area contributed by atoms with Crippen LogP contribution in [0.4, 0.5) is 23.7 Å². The van der Waals surface area contributed by atoms with Crippen LogP contribution in [0.2, 0.25) is 5.02 Å². The van der Waals surface area contributed by atoms with E-state index in [0.717, 1.165) is 21.6 Å². The average Bonchev–Trinajstić information content (AvgIpc) is 3.27. The van der Waals surface area contributed by atoms with E-state index in [2.05, 4.69) is 26.3 Å². The third kappa shape index (κ3) is 4.83. The van der Waals surface area contributed by atoms with Crippen molar-refractivity contribution in [1.82, 2.24) is 5.01 Å². The first kappa shape index (κ1) is 25.7. The van der Waals surface area contributed by atoms with E-state index in [1.54, 1.807) is 54.6 Å². The molecule has 1 aliphatic heterocycles. The number of carbonyl (C=O) groups is 2. The molecule has 3 aromatic carbocycles. The van der Waals surface area contributed by atoms with Crippen LogP contribution < -0.4 is 5.32 Å².